The number of anilines is 4. The summed E-state index contributed by atoms with van der Waals surface area (Å²) in [6.07, 6.45) is 1.63. The fraction of sp³-hybridized carbons (Fsp3) is 0.312. The normalized spacial score (nSPS) is 13.5. The number of hydrogen-bond acceptors (Lipinski definition) is 8. The van der Waals surface area contributed by atoms with Gasteiger partial charge in [0.1, 0.15) is 11.3 Å². The van der Waals surface area contributed by atoms with E-state index < -0.39 is 0 Å². The first kappa shape index (κ1) is 29.6. The number of aromatic amines is 1. The van der Waals surface area contributed by atoms with Crippen molar-refractivity contribution < 1.29 is 14.3 Å². The molecular formula is C32H36N7O4+. The minimum absolute atomic E-state index is 0.173. The number of ether oxygens (including phenoxy) is 1. The van der Waals surface area contributed by atoms with Crippen LogP contribution in [-0.4, -0.2) is 59.2 Å². The summed E-state index contributed by atoms with van der Waals surface area (Å²) in [5, 5.41) is 14.6. The van der Waals surface area contributed by atoms with Gasteiger partial charge < -0.3 is 25.3 Å². The fourth-order valence-corrected chi connectivity index (χ4v) is 4.95. The van der Waals surface area contributed by atoms with Crippen molar-refractivity contribution in [2.24, 2.45) is 0 Å². The maximum absolute atomic E-state index is 13.4. The SMILES string of the molecule is Cc1c(NC(=O)c2ccc(C(C)(C)C)cc2[N+](C)=O)cccc1-c1c[nH]c(=O)c(Nc2ccc(N3CCOCC3)nn2)c1. The monoisotopic (exact) mass is 582 g/mol. The van der Waals surface area contributed by atoms with Crippen molar-refractivity contribution in [2.45, 2.75) is 33.1 Å². The molecule has 1 aliphatic heterocycles. The molecule has 1 saturated heterocycles. The molecule has 0 aliphatic carbocycles. The van der Waals surface area contributed by atoms with E-state index in [1.807, 2.05) is 31.2 Å². The molecule has 0 unspecified atom stereocenters. The molecule has 3 heterocycles. The Hall–Kier alpha value is -4.90. The first-order valence-corrected chi connectivity index (χ1v) is 14.1. The number of H-pyrrole nitrogens is 1. The number of rotatable bonds is 7. The van der Waals surface area contributed by atoms with Crippen LogP contribution in [0.1, 0.15) is 42.3 Å². The van der Waals surface area contributed by atoms with Crippen LogP contribution in [-0.2, 0) is 10.2 Å². The van der Waals surface area contributed by atoms with Crippen molar-refractivity contribution in [3.63, 3.8) is 0 Å². The maximum atomic E-state index is 13.4. The Labute approximate surface area is 249 Å². The van der Waals surface area contributed by atoms with Gasteiger partial charge in [-0.05, 0) is 59.4 Å². The molecule has 11 nitrogen and oxygen atoms in total. The van der Waals surface area contributed by atoms with E-state index in [0.717, 1.165) is 41.2 Å². The van der Waals surface area contributed by atoms with Crippen LogP contribution in [0.4, 0.5) is 28.7 Å². The Morgan fingerprint density at radius 1 is 1.02 bits per heavy atom. The number of aromatic nitrogens is 3. The highest BCUT2D eigenvalue weighted by Gasteiger charge is 2.25. The van der Waals surface area contributed by atoms with E-state index in [1.54, 1.807) is 36.5 Å². The average molecular weight is 583 g/mol. The first-order valence-electron chi connectivity index (χ1n) is 14.1. The van der Waals surface area contributed by atoms with E-state index in [2.05, 4.69) is 51.5 Å². The van der Waals surface area contributed by atoms with Gasteiger partial charge in [-0.1, -0.05) is 39.0 Å². The number of nitrogens with zero attached hydrogens (tertiary/aromatic N) is 4. The van der Waals surface area contributed by atoms with E-state index in [9.17, 15) is 14.5 Å². The number of benzene rings is 2. The van der Waals surface area contributed by atoms with E-state index in [0.29, 0.717) is 40.9 Å². The number of hydrogen-bond donors (Lipinski definition) is 3. The molecule has 1 amide bonds. The van der Waals surface area contributed by atoms with Crippen molar-refractivity contribution in [3.8, 4) is 11.1 Å². The molecule has 2 aromatic heterocycles. The predicted octanol–water partition coefficient (Wildman–Crippen LogP) is 5.31. The van der Waals surface area contributed by atoms with Gasteiger partial charge in [0.2, 0.25) is 0 Å². The largest absolute Gasteiger partial charge is 0.378 e. The van der Waals surface area contributed by atoms with Gasteiger partial charge in [-0.2, -0.15) is 0 Å². The fourth-order valence-electron chi connectivity index (χ4n) is 4.95. The summed E-state index contributed by atoms with van der Waals surface area (Å²) in [7, 11) is 1.39. The lowest BCUT2D eigenvalue weighted by molar-refractivity contribution is -0.428. The van der Waals surface area contributed by atoms with E-state index in [4.69, 9.17) is 4.74 Å². The average Bonchev–Trinajstić information content (AvgIpc) is 2.99. The van der Waals surface area contributed by atoms with Crippen molar-refractivity contribution >= 4 is 34.6 Å². The highest BCUT2D eigenvalue weighted by molar-refractivity contribution is 6.07. The third kappa shape index (κ3) is 6.62. The van der Waals surface area contributed by atoms with Crippen LogP contribution < -0.4 is 21.1 Å². The van der Waals surface area contributed by atoms with Crippen LogP contribution in [0, 0.1) is 11.8 Å². The van der Waals surface area contributed by atoms with Crippen LogP contribution in [0.3, 0.4) is 0 Å². The highest BCUT2D eigenvalue weighted by atomic mass is 16.5. The number of morpholine rings is 1. The Bertz CT molecular complexity index is 1720. The van der Waals surface area contributed by atoms with Gasteiger partial charge >= 0.3 is 0 Å². The second kappa shape index (κ2) is 12.1. The highest BCUT2D eigenvalue weighted by Crippen LogP contribution is 2.32. The van der Waals surface area contributed by atoms with Gasteiger partial charge in [-0.15, -0.1) is 10.2 Å². The van der Waals surface area contributed by atoms with Gasteiger partial charge in [-0.25, -0.2) is 0 Å². The third-order valence-electron chi connectivity index (χ3n) is 7.49. The Balaban J connectivity index is 1.38. The zero-order valence-electron chi connectivity index (χ0n) is 25.0. The van der Waals surface area contributed by atoms with E-state index in [1.165, 1.54) is 7.05 Å². The molecule has 2 aromatic carbocycles. The van der Waals surface area contributed by atoms with Crippen LogP contribution in [0.15, 0.2) is 65.6 Å². The molecular weight excluding hydrogens is 546 g/mol. The molecule has 0 radical (unpaired) electrons. The maximum Gasteiger partial charge on any atom is 0.271 e. The molecule has 0 bridgehead atoms. The molecule has 222 valence electrons. The van der Waals surface area contributed by atoms with Crippen molar-refractivity contribution in [1.29, 1.82) is 0 Å². The topological polar surface area (TPSA) is 132 Å². The van der Waals surface area contributed by atoms with Gasteiger partial charge in [-0.3, -0.25) is 9.59 Å². The van der Waals surface area contributed by atoms with Crippen LogP contribution in [0.25, 0.3) is 11.1 Å². The lowest BCUT2D eigenvalue weighted by Gasteiger charge is -2.27. The first-order chi connectivity index (χ1) is 20.5. The smallest absolute Gasteiger partial charge is 0.271 e. The number of carbonyl (C=O) groups is 1. The summed E-state index contributed by atoms with van der Waals surface area (Å²) < 4.78 is 6.10. The number of carbonyl (C=O) groups excluding carboxylic acids is 1. The van der Waals surface area contributed by atoms with Crippen molar-refractivity contribution in [2.75, 3.05) is 48.9 Å². The molecule has 1 aliphatic rings. The Morgan fingerprint density at radius 2 is 1.79 bits per heavy atom. The van der Waals surface area contributed by atoms with Gasteiger partial charge in [0.15, 0.2) is 18.7 Å². The lowest BCUT2D eigenvalue weighted by atomic mass is 9.86. The second-order valence-corrected chi connectivity index (χ2v) is 11.5. The molecule has 5 rings (SSSR count). The second-order valence-electron chi connectivity index (χ2n) is 11.5. The lowest BCUT2D eigenvalue weighted by Crippen LogP contribution is -2.36. The molecule has 4 aromatic rings. The summed E-state index contributed by atoms with van der Waals surface area (Å²) in [4.78, 5) is 43.3. The zero-order valence-corrected chi connectivity index (χ0v) is 25.0. The minimum Gasteiger partial charge on any atom is -0.378 e. The van der Waals surface area contributed by atoms with Gasteiger partial charge in [0.05, 0.1) is 13.2 Å². The molecule has 11 heteroatoms. The molecule has 1 fully saturated rings. The van der Waals surface area contributed by atoms with Crippen LogP contribution in [0.5, 0.6) is 0 Å². The zero-order chi connectivity index (χ0) is 30.7. The third-order valence-corrected chi connectivity index (χ3v) is 7.49. The Morgan fingerprint density at radius 3 is 2.47 bits per heavy atom. The number of amides is 1. The summed E-state index contributed by atoms with van der Waals surface area (Å²) in [6, 6.07) is 16.3. The standard InChI is InChI=1S/C32H35N7O4/c1-20-23(7-6-8-25(20)35-30(40)24-10-9-22(32(2,3)4)18-27(24)38(5)42)21-17-26(31(41)33-19-21)34-28-11-12-29(37-36-28)39-13-15-43-16-14-39/h6-12,17-19H,13-16H2,1-5H3,(H2-,33,34,35,36,37,40,41,42)/p+1. The van der Waals surface area contributed by atoms with Crippen molar-refractivity contribution in [1.82, 2.24) is 15.2 Å². The summed E-state index contributed by atoms with van der Waals surface area (Å²) >= 11 is 0. The Kier molecular flexibility index (Phi) is 8.36. The predicted molar refractivity (Wildman–Crippen MR) is 168 cm³/mol. The van der Waals surface area contributed by atoms with E-state index >= 15 is 0 Å². The summed E-state index contributed by atoms with van der Waals surface area (Å²) in [5.41, 5.74) is 4.31. The molecule has 0 atom stereocenters. The van der Waals surface area contributed by atoms with Crippen LogP contribution in [0.2, 0.25) is 0 Å². The number of nitroso groups, excluding NO2 is 1. The van der Waals surface area contributed by atoms with Gasteiger partial charge in [0.25, 0.3) is 17.2 Å². The molecule has 43 heavy (non-hydrogen) atoms. The molecule has 0 saturated carbocycles. The number of pyridine rings is 1. The minimum atomic E-state index is -0.388. The molecule has 0 spiro atoms. The molecule has 3 N–H and O–H groups in total. The van der Waals surface area contributed by atoms with E-state index in [-0.39, 0.29) is 22.4 Å². The van der Waals surface area contributed by atoms with Gasteiger partial charge in [0, 0.05) is 46.3 Å². The van der Waals surface area contributed by atoms with Crippen molar-refractivity contribution in [3.05, 3.63) is 92.7 Å². The number of nitrogens with one attached hydrogen (secondary N) is 3. The summed E-state index contributed by atoms with van der Waals surface area (Å²) in [6.45, 7) is 10.9. The quantitative estimate of drug-likeness (QED) is 0.250. The summed E-state index contributed by atoms with van der Waals surface area (Å²) in [5.74, 6) is 0.806. The van der Waals surface area contributed by atoms with Crippen LogP contribution >= 0.6 is 0 Å².